The molecule has 5 N–H and O–H groups in total. The molecule has 0 aromatic rings. The van der Waals surface area contributed by atoms with E-state index in [-0.39, 0.29) is 0 Å². The molecule has 0 spiro atoms. The number of benzene rings is 1. The van der Waals surface area contributed by atoms with Gasteiger partial charge in [-0.25, -0.2) is 9.59 Å². The lowest BCUT2D eigenvalue weighted by Crippen LogP contribution is -2.28. The summed E-state index contributed by atoms with van der Waals surface area (Å²) in [6, 6.07) is 8.48. The van der Waals surface area contributed by atoms with Crippen LogP contribution in [0.1, 0.15) is 6.92 Å². The molecule has 6 heteroatoms. The van der Waals surface area contributed by atoms with E-state index in [2.05, 4.69) is 24.3 Å². The van der Waals surface area contributed by atoms with E-state index < -0.39 is 18.0 Å². The van der Waals surface area contributed by atoms with Gasteiger partial charge in [0, 0.05) is 0 Å². The summed E-state index contributed by atoms with van der Waals surface area (Å²) in [6.45, 7) is 2.65. The van der Waals surface area contributed by atoms with E-state index in [4.69, 9.17) is 21.1 Å². The highest BCUT2D eigenvalue weighted by Crippen LogP contribution is 2.04. The van der Waals surface area contributed by atoms with Gasteiger partial charge in [0.05, 0.1) is 0 Å². The van der Waals surface area contributed by atoms with Crippen LogP contribution < -0.4 is 5.73 Å². The number of aliphatic carboxylic acids is 2. The molecule has 0 aliphatic heterocycles. The molecule has 0 fully saturated rings. The molecule has 2 aliphatic rings. The van der Waals surface area contributed by atoms with Crippen LogP contribution in [0.3, 0.4) is 0 Å². The number of carboxylic acid groups (broad SMARTS) is 2. The number of carbonyl (C=O) groups is 2. The predicted octanol–water partition coefficient (Wildman–Crippen LogP) is -0.232. The van der Waals surface area contributed by atoms with Crippen LogP contribution in [0.5, 0.6) is 0 Å². The second kappa shape index (κ2) is 7.37. The molecule has 0 radical (unpaired) electrons. The molecule has 17 heavy (non-hydrogen) atoms. The topological polar surface area (TPSA) is 121 Å². The van der Waals surface area contributed by atoms with Crippen molar-refractivity contribution in [2.24, 2.45) is 5.73 Å². The van der Waals surface area contributed by atoms with Crippen LogP contribution in [-0.2, 0) is 9.59 Å². The van der Waals surface area contributed by atoms with Gasteiger partial charge in [-0.2, -0.15) is 0 Å². The van der Waals surface area contributed by atoms with E-state index in [0.717, 1.165) is 6.54 Å². The Hall–Kier alpha value is -1.92. The van der Waals surface area contributed by atoms with Gasteiger partial charge >= 0.3 is 11.9 Å². The highest BCUT2D eigenvalue weighted by molar-refractivity contribution is 5.95. The highest BCUT2D eigenvalue weighted by Gasteiger charge is 2.20. The van der Waals surface area contributed by atoms with Crippen molar-refractivity contribution < 1.29 is 24.9 Å². The summed E-state index contributed by atoms with van der Waals surface area (Å²) in [4.78, 5) is 19.0. The van der Waals surface area contributed by atoms with Crippen LogP contribution in [0, 0.1) is 10.4 Å². The quantitative estimate of drug-likeness (QED) is 0.539. The molecule has 2 aliphatic carbocycles. The van der Waals surface area contributed by atoms with Crippen LogP contribution in [0.25, 0.3) is 0 Å². The smallest absolute Gasteiger partial charge is 0.344 e. The summed E-state index contributed by atoms with van der Waals surface area (Å²) in [5, 5.41) is 26.3. The SMILES string of the molecule is CCN.O=C(O)C(O)C(=O)O.c1cc2ccc1=2. The second-order valence-electron chi connectivity index (χ2n) is 3.06. The van der Waals surface area contributed by atoms with Crippen LogP contribution in [0.2, 0.25) is 0 Å². The standard InChI is InChI=1S/C6H4.C3H4O5.C2H7N/c1-2-6-4-3-5(1)6;4-1(2(5)6)3(7)8;1-2-3/h1-4H;1,4H,(H,5,6)(H,7,8);2-3H2,1H3. The van der Waals surface area contributed by atoms with Crippen LogP contribution in [-0.4, -0.2) is 39.9 Å². The third-order valence-electron chi connectivity index (χ3n) is 1.69. The van der Waals surface area contributed by atoms with E-state index >= 15 is 0 Å². The monoisotopic (exact) mass is 241 g/mol. The maximum atomic E-state index is 9.51. The van der Waals surface area contributed by atoms with Crippen molar-refractivity contribution in [3.63, 3.8) is 0 Å². The van der Waals surface area contributed by atoms with Crippen LogP contribution in [0.4, 0.5) is 0 Å². The van der Waals surface area contributed by atoms with Crippen molar-refractivity contribution in [1.82, 2.24) is 0 Å². The van der Waals surface area contributed by atoms with E-state index in [1.165, 1.54) is 10.4 Å². The molecule has 0 unspecified atom stereocenters. The summed E-state index contributed by atoms with van der Waals surface area (Å²) in [5.74, 6) is -3.50. The molecule has 6 nitrogen and oxygen atoms in total. The Morgan fingerprint density at radius 2 is 1.35 bits per heavy atom. The van der Waals surface area contributed by atoms with E-state index in [0.29, 0.717) is 0 Å². The zero-order valence-electron chi connectivity index (χ0n) is 9.33. The molecule has 0 heterocycles. The number of aliphatic hydroxyl groups excluding tert-OH is 1. The minimum absolute atomic E-state index is 0.750. The van der Waals surface area contributed by atoms with E-state index in [1.807, 2.05) is 6.92 Å². The molecule has 0 aromatic heterocycles. The molecule has 2 rings (SSSR count). The third kappa shape index (κ3) is 5.10. The Kier molecular flexibility index (Phi) is 6.54. The Labute approximate surface area is 97.6 Å². The third-order valence-corrected chi connectivity index (χ3v) is 1.69. The van der Waals surface area contributed by atoms with Gasteiger partial charge in [0.1, 0.15) is 0 Å². The summed E-state index contributed by atoms with van der Waals surface area (Å²) in [5.41, 5.74) is 4.85. The first-order valence-electron chi connectivity index (χ1n) is 4.88. The average Bonchev–Trinajstić information content (AvgIpc) is 2.24. The van der Waals surface area contributed by atoms with E-state index in [9.17, 15) is 9.59 Å². The lowest BCUT2D eigenvalue weighted by atomic mass is 10.1. The molecular formula is C11H15NO5. The highest BCUT2D eigenvalue weighted by atomic mass is 16.4. The number of nitrogens with two attached hydrogens (primary N) is 1. The Morgan fingerprint density at radius 3 is 1.35 bits per heavy atom. The first-order chi connectivity index (χ1) is 7.93. The maximum absolute atomic E-state index is 9.51. The predicted molar refractivity (Wildman–Crippen MR) is 60.1 cm³/mol. The number of hydrogen-bond acceptors (Lipinski definition) is 4. The first-order valence-corrected chi connectivity index (χ1v) is 4.88. The normalized spacial score (nSPS) is 9.41. The molecule has 0 atom stereocenters. The van der Waals surface area contributed by atoms with Gasteiger partial charge in [-0.05, 0) is 17.0 Å². The molecule has 0 aromatic carbocycles. The first kappa shape index (κ1) is 15.1. The van der Waals surface area contributed by atoms with Crippen molar-refractivity contribution in [2.45, 2.75) is 13.0 Å². The molecule has 0 saturated carbocycles. The minimum Gasteiger partial charge on any atom is -0.479 e. The molecular weight excluding hydrogens is 226 g/mol. The van der Waals surface area contributed by atoms with Crippen molar-refractivity contribution in [3.8, 4) is 0 Å². The number of aliphatic hydroxyl groups is 1. The zero-order valence-corrected chi connectivity index (χ0v) is 9.33. The number of hydrogen-bond donors (Lipinski definition) is 4. The summed E-state index contributed by atoms with van der Waals surface area (Å²) in [6.07, 6.45) is -2.30. The maximum Gasteiger partial charge on any atom is 0.344 e. The van der Waals surface area contributed by atoms with Gasteiger partial charge in [0.25, 0.3) is 0 Å². The second-order valence-corrected chi connectivity index (χ2v) is 3.06. The van der Waals surface area contributed by atoms with Gasteiger partial charge in [0.2, 0.25) is 6.10 Å². The largest absolute Gasteiger partial charge is 0.479 e. The van der Waals surface area contributed by atoms with Crippen LogP contribution in [0.15, 0.2) is 24.3 Å². The Balaban J connectivity index is 0.000000249. The molecule has 0 amide bonds. The lowest BCUT2D eigenvalue weighted by molar-refractivity contribution is -0.160. The van der Waals surface area contributed by atoms with Crippen LogP contribution >= 0.6 is 0 Å². The van der Waals surface area contributed by atoms with Gasteiger partial charge in [-0.15, -0.1) is 0 Å². The zero-order chi connectivity index (χ0) is 13.4. The Morgan fingerprint density at radius 1 is 1.12 bits per heavy atom. The van der Waals surface area contributed by atoms with E-state index in [1.54, 1.807) is 0 Å². The fourth-order valence-electron chi connectivity index (χ4n) is 0.768. The van der Waals surface area contributed by atoms with Gasteiger partial charge < -0.3 is 21.1 Å². The minimum atomic E-state index is -2.30. The summed E-state index contributed by atoms with van der Waals surface area (Å²) in [7, 11) is 0. The Bertz CT molecular complexity index is 407. The summed E-state index contributed by atoms with van der Waals surface area (Å²) < 4.78 is 0. The lowest BCUT2D eigenvalue weighted by Gasteiger charge is -1.95. The fourth-order valence-corrected chi connectivity index (χ4v) is 0.768. The fraction of sp³-hybridized carbons (Fsp3) is 0.273. The van der Waals surface area contributed by atoms with Crippen molar-refractivity contribution in [2.75, 3.05) is 6.54 Å². The molecule has 0 saturated heterocycles. The number of carboxylic acids is 2. The van der Waals surface area contributed by atoms with Crippen molar-refractivity contribution >= 4 is 11.9 Å². The van der Waals surface area contributed by atoms with Gasteiger partial charge in [-0.3, -0.25) is 0 Å². The molecule has 0 bridgehead atoms. The van der Waals surface area contributed by atoms with Crippen molar-refractivity contribution in [1.29, 1.82) is 0 Å². The number of rotatable bonds is 2. The van der Waals surface area contributed by atoms with Gasteiger partial charge in [0.15, 0.2) is 0 Å². The van der Waals surface area contributed by atoms with Gasteiger partial charge in [-0.1, -0.05) is 31.2 Å². The average molecular weight is 241 g/mol. The molecule has 94 valence electrons. The van der Waals surface area contributed by atoms with Crippen molar-refractivity contribution in [3.05, 3.63) is 34.7 Å². The summed E-state index contributed by atoms with van der Waals surface area (Å²) >= 11 is 0.